The number of aromatic nitrogens is 4. The number of nitrogens with one attached hydrogen (secondary N) is 1. The molecule has 1 aliphatic carbocycles. The second kappa shape index (κ2) is 10.8. The molecule has 3 heterocycles. The average molecular weight is 603 g/mol. The second-order valence-electron chi connectivity index (χ2n) is 11.1. The van der Waals surface area contributed by atoms with E-state index in [1.807, 2.05) is 13.0 Å². The Balaban J connectivity index is 1.64. The molecule has 0 amide bonds. The fourth-order valence-electron chi connectivity index (χ4n) is 5.64. The van der Waals surface area contributed by atoms with Gasteiger partial charge >= 0.3 is 5.97 Å². The van der Waals surface area contributed by atoms with Gasteiger partial charge in [0.25, 0.3) is 10.1 Å². The fraction of sp³-hybridized carbons (Fsp3) is 0.464. The smallest absolute Gasteiger partial charge is 0.302 e. The summed E-state index contributed by atoms with van der Waals surface area (Å²) in [5.41, 5.74) is 1.64. The van der Waals surface area contributed by atoms with Gasteiger partial charge in [0.15, 0.2) is 5.03 Å². The van der Waals surface area contributed by atoms with Crippen LogP contribution in [0.1, 0.15) is 57.0 Å². The number of benzene rings is 1. The Labute approximate surface area is 239 Å². The van der Waals surface area contributed by atoms with Gasteiger partial charge < -0.3 is 14.3 Å². The number of ether oxygens (including phenoxy) is 1. The van der Waals surface area contributed by atoms with Crippen molar-refractivity contribution in [3.63, 3.8) is 0 Å². The van der Waals surface area contributed by atoms with Crippen molar-refractivity contribution >= 4 is 48.0 Å². The summed E-state index contributed by atoms with van der Waals surface area (Å²) in [6.07, 6.45) is 5.85. The highest BCUT2D eigenvalue weighted by Crippen LogP contribution is 2.44. The Bertz CT molecular complexity index is 1830. The van der Waals surface area contributed by atoms with Crippen LogP contribution in [-0.4, -0.2) is 61.8 Å². The SMILES string of the molecule is CC(=O)OCCc1nc2c(S(=O)(=O)c3ccccc3C)nc3[nH]ccc3c2n1C1CCC(C)(COS(C)(=O)=O)CC1. The van der Waals surface area contributed by atoms with Crippen molar-refractivity contribution in [1.29, 1.82) is 0 Å². The van der Waals surface area contributed by atoms with Crippen molar-refractivity contribution in [2.75, 3.05) is 19.5 Å². The van der Waals surface area contributed by atoms with Crippen LogP contribution >= 0.6 is 0 Å². The van der Waals surface area contributed by atoms with Crippen molar-refractivity contribution in [1.82, 2.24) is 19.5 Å². The number of aromatic amines is 1. The zero-order chi connectivity index (χ0) is 29.6. The lowest BCUT2D eigenvalue weighted by Crippen LogP contribution is -2.31. The van der Waals surface area contributed by atoms with Crippen molar-refractivity contribution in [2.24, 2.45) is 5.41 Å². The van der Waals surface area contributed by atoms with Gasteiger partial charge in [-0.1, -0.05) is 25.1 Å². The molecule has 1 saturated carbocycles. The van der Waals surface area contributed by atoms with Gasteiger partial charge in [0.1, 0.15) is 17.0 Å². The Morgan fingerprint density at radius 1 is 1.12 bits per heavy atom. The molecule has 0 aliphatic heterocycles. The molecule has 1 fully saturated rings. The summed E-state index contributed by atoms with van der Waals surface area (Å²) < 4.78 is 63.7. The summed E-state index contributed by atoms with van der Waals surface area (Å²) in [5, 5.41) is 0.607. The van der Waals surface area contributed by atoms with Gasteiger partial charge in [-0.3, -0.25) is 8.98 Å². The van der Waals surface area contributed by atoms with Gasteiger partial charge in [0.05, 0.1) is 29.9 Å². The molecule has 0 atom stereocenters. The summed E-state index contributed by atoms with van der Waals surface area (Å²) in [5.74, 6) is 0.184. The standard InChI is InChI=1S/C28H34N4O7S2/c1-18-7-5-6-8-22(18)41(36,37)27-24-25(21-11-15-29-26(21)31-27)32(23(30-24)12-16-38-19(2)33)20-9-13-28(3,14-10-20)17-39-40(4,34)35/h5-8,11,15,20H,9-10,12-14,16-17H2,1-4H3,(H,29,31). The normalized spacial score (nSPS) is 20.0. The van der Waals surface area contributed by atoms with Crippen LogP contribution in [0, 0.1) is 12.3 Å². The van der Waals surface area contributed by atoms with E-state index in [9.17, 15) is 21.6 Å². The average Bonchev–Trinajstić information content (AvgIpc) is 3.52. The van der Waals surface area contributed by atoms with E-state index in [-0.39, 0.29) is 46.5 Å². The van der Waals surface area contributed by atoms with Crippen molar-refractivity contribution in [3.05, 3.63) is 47.9 Å². The Hall–Kier alpha value is -3.29. The molecule has 5 rings (SSSR count). The molecule has 0 bridgehead atoms. The number of hydrogen-bond donors (Lipinski definition) is 1. The Morgan fingerprint density at radius 3 is 2.49 bits per heavy atom. The fourth-order valence-corrected chi connectivity index (χ4v) is 7.71. The monoisotopic (exact) mass is 602 g/mol. The molecule has 4 aromatic rings. The highest BCUT2D eigenvalue weighted by atomic mass is 32.2. The summed E-state index contributed by atoms with van der Waals surface area (Å²) in [6.45, 7) is 5.29. The van der Waals surface area contributed by atoms with Crippen LogP contribution in [-0.2, 0) is 40.1 Å². The van der Waals surface area contributed by atoms with E-state index in [0.29, 0.717) is 48.2 Å². The molecule has 0 spiro atoms. The van der Waals surface area contributed by atoms with Gasteiger partial charge in [-0.25, -0.2) is 18.4 Å². The van der Waals surface area contributed by atoms with Crippen molar-refractivity contribution < 1.29 is 30.6 Å². The Kier molecular flexibility index (Phi) is 7.72. The minimum absolute atomic E-state index is 0.0480. The highest BCUT2D eigenvalue weighted by Gasteiger charge is 2.36. The summed E-state index contributed by atoms with van der Waals surface area (Å²) in [7, 11) is -7.60. The van der Waals surface area contributed by atoms with Crippen molar-refractivity contribution in [3.8, 4) is 0 Å². The molecular formula is C28H34N4O7S2. The van der Waals surface area contributed by atoms with Crippen LogP contribution in [0.3, 0.4) is 0 Å². The van der Waals surface area contributed by atoms with Crippen LogP contribution in [0.15, 0.2) is 46.5 Å². The molecule has 0 saturated heterocycles. The van der Waals surface area contributed by atoms with E-state index < -0.39 is 25.9 Å². The van der Waals surface area contributed by atoms with Crippen molar-refractivity contribution in [2.45, 2.75) is 68.8 Å². The van der Waals surface area contributed by atoms with Gasteiger partial charge in [-0.05, 0) is 55.7 Å². The zero-order valence-corrected chi connectivity index (χ0v) is 25.1. The zero-order valence-electron chi connectivity index (χ0n) is 23.5. The summed E-state index contributed by atoms with van der Waals surface area (Å²) >= 11 is 0. The first kappa shape index (κ1) is 29.2. The lowest BCUT2D eigenvalue weighted by atomic mass is 9.74. The van der Waals surface area contributed by atoms with E-state index in [2.05, 4.69) is 14.5 Å². The topological polar surface area (TPSA) is 150 Å². The molecule has 0 radical (unpaired) electrons. The number of sulfone groups is 1. The van der Waals surface area contributed by atoms with E-state index in [4.69, 9.17) is 13.9 Å². The number of H-pyrrole nitrogens is 1. The number of esters is 1. The number of carbonyl (C=O) groups excluding carboxylic acids is 1. The maximum absolute atomic E-state index is 14.0. The molecule has 0 unspecified atom stereocenters. The van der Waals surface area contributed by atoms with E-state index in [1.54, 1.807) is 37.4 Å². The predicted molar refractivity (Wildman–Crippen MR) is 153 cm³/mol. The maximum Gasteiger partial charge on any atom is 0.302 e. The number of hydrogen-bond acceptors (Lipinski definition) is 9. The second-order valence-corrected chi connectivity index (χ2v) is 14.6. The largest absolute Gasteiger partial charge is 0.465 e. The van der Waals surface area contributed by atoms with Gasteiger partial charge in [-0.2, -0.15) is 8.42 Å². The molecule has 41 heavy (non-hydrogen) atoms. The lowest BCUT2D eigenvalue weighted by Gasteiger charge is -2.38. The third-order valence-corrected chi connectivity index (χ3v) is 10.2. The van der Waals surface area contributed by atoms with Crippen LogP contribution in [0.5, 0.6) is 0 Å². The number of nitrogens with zero attached hydrogens (tertiary/aromatic N) is 3. The molecular weight excluding hydrogens is 568 g/mol. The quantitative estimate of drug-likeness (QED) is 0.219. The molecule has 13 heteroatoms. The van der Waals surface area contributed by atoms with Crippen LogP contribution in [0.4, 0.5) is 0 Å². The third kappa shape index (κ3) is 5.88. The van der Waals surface area contributed by atoms with Gasteiger partial charge in [0, 0.05) is 31.0 Å². The minimum atomic E-state index is -4.04. The van der Waals surface area contributed by atoms with E-state index in [0.717, 1.165) is 11.6 Å². The van der Waals surface area contributed by atoms with E-state index in [1.165, 1.54) is 6.92 Å². The number of aryl methyl sites for hydroxylation is 1. The predicted octanol–water partition coefficient (Wildman–Crippen LogP) is 4.26. The number of carbonyl (C=O) groups is 1. The molecule has 3 aromatic heterocycles. The Morgan fingerprint density at radius 2 is 1.83 bits per heavy atom. The lowest BCUT2D eigenvalue weighted by molar-refractivity contribution is -0.140. The van der Waals surface area contributed by atoms with Gasteiger partial charge in [-0.15, -0.1) is 0 Å². The maximum atomic E-state index is 14.0. The summed E-state index contributed by atoms with van der Waals surface area (Å²) in [4.78, 5) is 24.2. The number of pyridine rings is 1. The third-order valence-electron chi connectivity index (χ3n) is 7.80. The van der Waals surface area contributed by atoms with Crippen LogP contribution in [0.25, 0.3) is 22.1 Å². The molecule has 220 valence electrons. The summed E-state index contributed by atoms with van der Waals surface area (Å²) in [6, 6.07) is 8.58. The van der Waals surface area contributed by atoms with Crippen LogP contribution < -0.4 is 0 Å². The molecule has 1 aromatic carbocycles. The first-order valence-corrected chi connectivity index (χ1v) is 16.8. The number of imidazole rings is 1. The molecule has 1 N–H and O–H groups in total. The first-order chi connectivity index (χ1) is 19.3. The molecule has 11 nitrogen and oxygen atoms in total. The van der Waals surface area contributed by atoms with Crippen LogP contribution in [0.2, 0.25) is 0 Å². The van der Waals surface area contributed by atoms with Gasteiger partial charge in [0.2, 0.25) is 9.84 Å². The number of fused-ring (bicyclic) bond motifs is 3. The minimum Gasteiger partial charge on any atom is -0.465 e. The number of rotatable bonds is 9. The van der Waals surface area contributed by atoms with E-state index >= 15 is 0 Å². The highest BCUT2D eigenvalue weighted by molar-refractivity contribution is 7.91. The first-order valence-electron chi connectivity index (χ1n) is 13.5. The molecule has 1 aliphatic rings.